The van der Waals surface area contributed by atoms with Crippen molar-refractivity contribution >= 4 is 0 Å². The Kier molecular flexibility index (Phi) is 6.38. The first kappa shape index (κ1) is 19.0. The Morgan fingerprint density at radius 2 is 1.85 bits per heavy atom. The molecule has 0 bridgehead atoms. The molecule has 1 aromatic heterocycles. The fourth-order valence-electron chi connectivity index (χ4n) is 3.62. The number of benzene rings is 1. The van der Waals surface area contributed by atoms with Crippen molar-refractivity contribution < 1.29 is 8.81 Å². The number of rotatable bonds is 6. The number of halogens is 1. The summed E-state index contributed by atoms with van der Waals surface area (Å²) in [7, 11) is 0. The SMILES string of the molecule is CCc1nnc(CN2CCCN(Cc3ccc(F)cc3)C(C(C)C)C2)o1. The number of hydrogen-bond acceptors (Lipinski definition) is 5. The zero-order valence-corrected chi connectivity index (χ0v) is 16.0. The van der Waals surface area contributed by atoms with Crippen LogP contribution in [0, 0.1) is 11.7 Å². The van der Waals surface area contributed by atoms with Crippen LogP contribution < -0.4 is 0 Å². The van der Waals surface area contributed by atoms with Crippen LogP contribution in [0.25, 0.3) is 0 Å². The number of hydrogen-bond donors (Lipinski definition) is 0. The van der Waals surface area contributed by atoms with Gasteiger partial charge in [-0.05, 0) is 36.6 Å². The van der Waals surface area contributed by atoms with Crippen LogP contribution in [-0.2, 0) is 19.5 Å². The molecule has 1 unspecified atom stereocenters. The quantitative estimate of drug-likeness (QED) is 0.789. The summed E-state index contributed by atoms with van der Waals surface area (Å²) in [4.78, 5) is 4.95. The van der Waals surface area contributed by atoms with Gasteiger partial charge in [0.2, 0.25) is 11.8 Å². The van der Waals surface area contributed by atoms with Gasteiger partial charge in [0.25, 0.3) is 0 Å². The maximum atomic E-state index is 13.2. The summed E-state index contributed by atoms with van der Waals surface area (Å²) in [5.41, 5.74) is 1.16. The predicted octanol–water partition coefficient (Wildman–Crippen LogP) is 3.50. The fraction of sp³-hybridized carbons (Fsp3) is 0.600. The third kappa shape index (κ3) is 4.89. The summed E-state index contributed by atoms with van der Waals surface area (Å²) in [6.07, 6.45) is 1.87. The molecule has 142 valence electrons. The predicted molar refractivity (Wildman–Crippen MR) is 99.0 cm³/mol. The first-order valence-corrected chi connectivity index (χ1v) is 9.57. The van der Waals surface area contributed by atoms with E-state index in [0.717, 1.165) is 44.6 Å². The molecule has 1 saturated heterocycles. The van der Waals surface area contributed by atoms with Crippen molar-refractivity contribution in [3.8, 4) is 0 Å². The molecule has 1 aromatic carbocycles. The highest BCUT2D eigenvalue weighted by Crippen LogP contribution is 2.21. The van der Waals surface area contributed by atoms with Crippen LogP contribution >= 0.6 is 0 Å². The molecule has 2 heterocycles. The second kappa shape index (κ2) is 8.73. The van der Waals surface area contributed by atoms with Crippen molar-refractivity contribution in [2.75, 3.05) is 19.6 Å². The highest BCUT2D eigenvalue weighted by molar-refractivity contribution is 5.16. The zero-order chi connectivity index (χ0) is 18.5. The minimum absolute atomic E-state index is 0.179. The molecule has 1 aliphatic rings. The Balaban J connectivity index is 1.67. The van der Waals surface area contributed by atoms with E-state index < -0.39 is 0 Å². The van der Waals surface area contributed by atoms with Crippen LogP contribution in [0.4, 0.5) is 4.39 Å². The summed E-state index contributed by atoms with van der Waals surface area (Å²) in [6.45, 7) is 11.2. The van der Waals surface area contributed by atoms with Gasteiger partial charge in [-0.1, -0.05) is 32.9 Å². The molecule has 26 heavy (non-hydrogen) atoms. The first-order chi connectivity index (χ1) is 12.5. The van der Waals surface area contributed by atoms with Crippen molar-refractivity contribution in [3.05, 3.63) is 47.4 Å². The Morgan fingerprint density at radius 3 is 2.50 bits per heavy atom. The van der Waals surface area contributed by atoms with Crippen LogP contribution in [0.3, 0.4) is 0 Å². The molecular weight excluding hydrogens is 331 g/mol. The van der Waals surface area contributed by atoms with Gasteiger partial charge in [0.1, 0.15) is 5.82 Å². The molecule has 6 heteroatoms. The van der Waals surface area contributed by atoms with E-state index in [9.17, 15) is 4.39 Å². The monoisotopic (exact) mass is 360 g/mol. The van der Waals surface area contributed by atoms with E-state index in [4.69, 9.17) is 4.42 Å². The zero-order valence-electron chi connectivity index (χ0n) is 16.0. The van der Waals surface area contributed by atoms with E-state index in [1.807, 2.05) is 19.1 Å². The Hall–Kier alpha value is -1.79. The van der Waals surface area contributed by atoms with E-state index in [0.29, 0.717) is 30.3 Å². The lowest BCUT2D eigenvalue weighted by Crippen LogP contribution is -2.43. The van der Waals surface area contributed by atoms with Crippen LogP contribution in [0.5, 0.6) is 0 Å². The van der Waals surface area contributed by atoms with Gasteiger partial charge in [-0.25, -0.2) is 4.39 Å². The van der Waals surface area contributed by atoms with Gasteiger partial charge in [0.15, 0.2) is 0 Å². The van der Waals surface area contributed by atoms with Gasteiger partial charge in [0, 0.05) is 32.1 Å². The summed E-state index contributed by atoms with van der Waals surface area (Å²) in [5, 5.41) is 8.24. The van der Waals surface area contributed by atoms with Gasteiger partial charge in [-0.2, -0.15) is 0 Å². The number of aryl methyl sites for hydroxylation is 1. The molecule has 0 amide bonds. The summed E-state index contributed by atoms with van der Waals surface area (Å²) in [6, 6.07) is 7.31. The molecular formula is C20H29FN4O. The summed E-state index contributed by atoms with van der Waals surface area (Å²) >= 11 is 0. The van der Waals surface area contributed by atoms with Gasteiger partial charge in [-0.3, -0.25) is 9.80 Å². The second-order valence-electron chi connectivity index (χ2n) is 7.44. The molecule has 5 nitrogen and oxygen atoms in total. The molecule has 1 aliphatic heterocycles. The van der Waals surface area contributed by atoms with Crippen molar-refractivity contribution in [2.24, 2.45) is 5.92 Å². The minimum Gasteiger partial charge on any atom is -0.424 e. The van der Waals surface area contributed by atoms with Crippen molar-refractivity contribution in [1.29, 1.82) is 0 Å². The third-order valence-corrected chi connectivity index (χ3v) is 5.07. The highest BCUT2D eigenvalue weighted by atomic mass is 19.1. The minimum atomic E-state index is -0.179. The molecule has 0 spiro atoms. The second-order valence-corrected chi connectivity index (χ2v) is 7.44. The Labute approximate surface area is 155 Å². The third-order valence-electron chi connectivity index (χ3n) is 5.07. The van der Waals surface area contributed by atoms with Gasteiger partial charge in [0.05, 0.1) is 6.54 Å². The molecule has 0 saturated carbocycles. The summed E-state index contributed by atoms with van der Waals surface area (Å²) in [5.74, 6) is 1.76. The van der Waals surface area contributed by atoms with Crippen LogP contribution in [-0.4, -0.2) is 45.7 Å². The maximum absolute atomic E-state index is 13.2. The Morgan fingerprint density at radius 1 is 1.12 bits per heavy atom. The largest absolute Gasteiger partial charge is 0.424 e. The van der Waals surface area contributed by atoms with Gasteiger partial charge >= 0.3 is 0 Å². The smallest absolute Gasteiger partial charge is 0.230 e. The standard InChI is InChI=1S/C20H29FN4O/c1-4-19-22-23-20(26-19)14-24-10-5-11-25(18(13-24)15(2)3)12-16-6-8-17(21)9-7-16/h6-9,15,18H,4-5,10-14H2,1-3H3. The van der Waals surface area contributed by atoms with E-state index in [1.165, 1.54) is 0 Å². The van der Waals surface area contributed by atoms with E-state index in [2.05, 4.69) is 33.8 Å². The van der Waals surface area contributed by atoms with Crippen LogP contribution in [0.2, 0.25) is 0 Å². The van der Waals surface area contributed by atoms with Crippen LogP contribution in [0.1, 0.15) is 44.5 Å². The van der Waals surface area contributed by atoms with Crippen molar-refractivity contribution in [2.45, 2.75) is 52.7 Å². The summed E-state index contributed by atoms with van der Waals surface area (Å²) < 4.78 is 18.9. The molecule has 1 atom stereocenters. The van der Waals surface area contributed by atoms with Crippen LogP contribution in [0.15, 0.2) is 28.7 Å². The molecule has 0 aliphatic carbocycles. The Bertz CT molecular complexity index is 685. The van der Waals surface area contributed by atoms with Gasteiger partial charge in [-0.15, -0.1) is 10.2 Å². The molecule has 0 N–H and O–H groups in total. The molecule has 1 fully saturated rings. The van der Waals surface area contributed by atoms with Crippen molar-refractivity contribution in [3.63, 3.8) is 0 Å². The highest BCUT2D eigenvalue weighted by Gasteiger charge is 2.28. The molecule has 0 radical (unpaired) electrons. The van der Waals surface area contributed by atoms with E-state index in [-0.39, 0.29) is 5.82 Å². The average Bonchev–Trinajstić information content (AvgIpc) is 2.98. The first-order valence-electron chi connectivity index (χ1n) is 9.57. The average molecular weight is 360 g/mol. The molecule has 3 rings (SSSR count). The van der Waals surface area contributed by atoms with Gasteiger partial charge < -0.3 is 4.42 Å². The lowest BCUT2D eigenvalue weighted by atomic mass is 10.0. The number of aromatic nitrogens is 2. The maximum Gasteiger partial charge on any atom is 0.230 e. The fourth-order valence-corrected chi connectivity index (χ4v) is 3.62. The lowest BCUT2D eigenvalue weighted by Gasteiger charge is -2.34. The lowest BCUT2D eigenvalue weighted by molar-refractivity contribution is 0.126. The molecule has 2 aromatic rings. The normalized spacial score (nSPS) is 19.8. The number of nitrogens with zero attached hydrogens (tertiary/aromatic N) is 4. The van der Waals surface area contributed by atoms with Crippen molar-refractivity contribution in [1.82, 2.24) is 20.0 Å². The van der Waals surface area contributed by atoms with E-state index in [1.54, 1.807) is 12.1 Å². The topological polar surface area (TPSA) is 45.4 Å². The van der Waals surface area contributed by atoms with E-state index >= 15 is 0 Å².